The molecule has 2 aromatic rings. The summed E-state index contributed by atoms with van der Waals surface area (Å²) in [7, 11) is 0. The molecular formula is C20H22FN3O2S. The first-order chi connectivity index (χ1) is 13.1. The molecule has 1 N–H and O–H groups in total. The van der Waals surface area contributed by atoms with Crippen LogP contribution in [-0.4, -0.2) is 34.3 Å². The summed E-state index contributed by atoms with van der Waals surface area (Å²) >= 11 is 1.39. The number of halogens is 1. The number of benzene rings is 1. The van der Waals surface area contributed by atoms with Crippen LogP contribution in [0.5, 0.6) is 0 Å². The Kier molecular flexibility index (Phi) is 5.20. The molecule has 4 rings (SSSR count). The highest BCUT2D eigenvalue weighted by Crippen LogP contribution is 2.33. The molecule has 1 aliphatic heterocycles. The largest absolute Gasteiger partial charge is 0.330 e. The lowest BCUT2D eigenvalue weighted by Crippen LogP contribution is -2.50. The Hall–Kier alpha value is -2.28. The minimum atomic E-state index is -0.401. The van der Waals surface area contributed by atoms with Crippen molar-refractivity contribution >= 4 is 28.3 Å². The summed E-state index contributed by atoms with van der Waals surface area (Å²) in [5, 5.41) is 3.40. The highest BCUT2D eigenvalue weighted by atomic mass is 32.1. The molecule has 2 amide bonds. The van der Waals surface area contributed by atoms with Gasteiger partial charge in [0.15, 0.2) is 5.13 Å². The minimum absolute atomic E-state index is 0.121. The smallest absolute Gasteiger partial charge is 0.248 e. The number of aromatic nitrogens is 1. The minimum Gasteiger partial charge on any atom is -0.330 e. The van der Waals surface area contributed by atoms with Gasteiger partial charge in [-0.05, 0) is 49.8 Å². The maximum Gasteiger partial charge on any atom is 0.248 e. The van der Waals surface area contributed by atoms with Crippen LogP contribution in [0.15, 0.2) is 30.5 Å². The molecule has 2 fully saturated rings. The highest BCUT2D eigenvalue weighted by Gasteiger charge is 2.39. The molecule has 2 heterocycles. The van der Waals surface area contributed by atoms with Gasteiger partial charge < -0.3 is 10.2 Å². The fourth-order valence-corrected chi connectivity index (χ4v) is 4.37. The first-order valence-corrected chi connectivity index (χ1v) is 10.2. The van der Waals surface area contributed by atoms with Gasteiger partial charge in [-0.25, -0.2) is 9.37 Å². The van der Waals surface area contributed by atoms with Crippen molar-refractivity contribution in [2.45, 2.75) is 44.6 Å². The van der Waals surface area contributed by atoms with Crippen molar-refractivity contribution < 1.29 is 14.0 Å². The van der Waals surface area contributed by atoms with E-state index in [1.54, 1.807) is 17.2 Å². The number of nitrogens with zero attached hydrogens (tertiary/aromatic N) is 2. The maximum atomic E-state index is 13.3. The molecule has 2 aliphatic rings. The van der Waals surface area contributed by atoms with Crippen LogP contribution in [-0.2, 0) is 16.0 Å². The molecule has 7 heteroatoms. The second-order valence-electron chi connectivity index (χ2n) is 7.25. The number of amides is 2. The lowest BCUT2D eigenvalue weighted by Gasteiger charge is -2.34. The van der Waals surface area contributed by atoms with E-state index in [0.29, 0.717) is 24.5 Å². The van der Waals surface area contributed by atoms with Crippen LogP contribution in [0.25, 0.3) is 0 Å². The summed E-state index contributed by atoms with van der Waals surface area (Å²) in [6.45, 7) is 0.663. The van der Waals surface area contributed by atoms with Gasteiger partial charge in [-0.2, -0.15) is 0 Å². The summed E-state index contributed by atoms with van der Waals surface area (Å²) in [6.07, 6.45) is 6.78. The molecule has 0 spiro atoms. The third-order valence-electron chi connectivity index (χ3n) is 5.07. The fourth-order valence-electron chi connectivity index (χ4n) is 3.52. The third-order valence-corrected chi connectivity index (χ3v) is 5.98. The SMILES string of the molecule is O=C(Nc1ncc(Cc2cccc(F)c2)s1)C1CCCCN1C(=O)C1CC1. The van der Waals surface area contributed by atoms with Gasteiger partial charge in [0.2, 0.25) is 11.8 Å². The molecule has 0 bridgehead atoms. The van der Waals surface area contributed by atoms with E-state index in [4.69, 9.17) is 0 Å². The zero-order valence-electron chi connectivity index (χ0n) is 15.0. The van der Waals surface area contributed by atoms with Gasteiger partial charge in [0, 0.05) is 30.0 Å². The molecule has 0 radical (unpaired) electrons. The summed E-state index contributed by atoms with van der Waals surface area (Å²) in [4.78, 5) is 32.2. The average molecular weight is 387 g/mol. The van der Waals surface area contributed by atoms with Gasteiger partial charge in [-0.1, -0.05) is 12.1 Å². The molecule has 27 heavy (non-hydrogen) atoms. The van der Waals surface area contributed by atoms with Crippen molar-refractivity contribution in [3.8, 4) is 0 Å². The van der Waals surface area contributed by atoms with Gasteiger partial charge in [0.05, 0.1) is 0 Å². The number of carbonyl (C=O) groups is 2. The fraction of sp³-hybridized carbons (Fsp3) is 0.450. The van der Waals surface area contributed by atoms with Crippen molar-refractivity contribution in [3.05, 3.63) is 46.7 Å². The second kappa shape index (κ2) is 7.76. The summed E-state index contributed by atoms with van der Waals surface area (Å²) < 4.78 is 13.3. The van der Waals surface area contributed by atoms with Gasteiger partial charge in [0.1, 0.15) is 11.9 Å². The molecule has 1 aromatic heterocycles. The molecule has 5 nitrogen and oxygen atoms in total. The van der Waals surface area contributed by atoms with E-state index in [9.17, 15) is 14.0 Å². The van der Waals surface area contributed by atoms with Crippen LogP contribution >= 0.6 is 11.3 Å². The van der Waals surface area contributed by atoms with E-state index in [1.165, 1.54) is 23.5 Å². The number of nitrogens with one attached hydrogen (secondary N) is 1. The number of thiazole rings is 1. The number of hydrogen-bond acceptors (Lipinski definition) is 4. The summed E-state index contributed by atoms with van der Waals surface area (Å²) in [5.74, 6) is -0.171. The zero-order valence-corrected chi connectivity index (χ0v) is 15.8. The lowest BCUT2D eigenvalue weighted by atomic mass is 10.0. The predicted molar refractivity (Wildman–Crippen MR) is 102 cm³/mol. The summed E-state index contributed by atoms with van der Waals surface area (Å²) in [5.41, 5.74) is 0.866. The van der Waals surface area contributed by atoms with Crippen molar-refractivity contribution in [2.75, 3.05) is 11.9 Å². The van der Waals surface area contributed by atoms with E-state index in [1.807, 2.05) is 6.07 Å². The Labute approximate surface area is 161 Å². The first kappa shape index (κ1) is 18.1. The van der Waals surface area contributed by atoms with Crippen LogP contribution < -0.4 is 5.32 Å². The van der Waals surface area contributed by atoms with E-state index < -0.39 is 6.04 Å². The van der Waals surface area contributed by atoms with Crippen LogP contribution in [0.2, 0.25) is 0 Å². The van der Waals surface area contributed by atoms with Crippen LogP contribution in [0.3, 0.4) is 0 Å². The normalized spacial score (nSPS) is 19.7. The molecule has 1 saturated carbocycles. The molecule has 1 aromatic carbocycles. The van der Waals surface area contributed by atoms with E-state index >= 15 is 0 Å². The number of carbonyl (C=O) groups excluding carboxylic acids is 2. The Morgan fingerprint density at radius 1 is 1.26 bits per heavy atom. The highest BCUT2D eigenvalue weighted by molar-refractivity contribution is 7.15. The van der Waals surface area contributed by atoms with Crippen LogP contribution in [0.4, 0.5) is 9.52 Å². The standard InChI is InChI=1S/C20H22FN3O2S/c21-15-5-3-4-13(10-15)11-16-12-22-20(27-16)23-18(25)17-6-1-2-9-24(17)19(26)14-7-8-14/h3-5,10,12,14,17H,1-2,6-9,11H2,(H,22,23,25). The summed E-state index contributed by atoms with van der Waals surface area (Å²) in [6, 6.07) is 6.07. The Bertz CT molecular complexity index is 849. The Morgan fingerprint density at radius 3 is 2.89 bits per heavy atom. The monoisotopic (exact) mass is 387 g/mol. The number of anilines is 1. The molecule has 1 saturated heterocycles. The first-order valence-electron chi connectivity index (χ1n) is 9.40. The van der Waals surface area contributed by atoms with Crippen molar-refractivity contribution in [3.63, 3.8) is 0 Å². The van der Waals surface area contributed by atoms with Crippen LogP contribution in [0, 0.1) is 11.7 Å². The van der Waals surface area contributed by atoms with E-state index in [0.717, 1.165) is 36.1 Å². The number of rotatable bonds is 5. The topological polar surface area (TPSA) is 62.3 Å². The molecular weight excluding hydrogens is 365 g/mol. The maximum absolute atomic E-state index is 13.3. The Morgan fingerprint density at radius 2 is 2.11 bits per heavy atom. The molecule has 142 valence electrons. The molecule has 1 atom stereocenters. The van der Waals surface area contributed by atoms with E-state index in [2.05, 4.69) is 10.3 Å². The van der Waals surface area contributed by atoms with Gasteiger partial charge in [0.25, 0.3) is 0 Å². The Balaban J connectivity index is 1.40. The number of piperidine rings is 1. The predicted octanol–water partition coefficient (Wildman–Crippen LogP) is 3.60. The quantitative estimate of drug-likeness (QED) is 0.853. The number of hydrogen-bond donors (Lipinski definition) is 1. The lowest BCUT2D eigenvalue weighted by molar-refractivity contribution is -0.141. The van der Waals surface area contributed by atoms with Crippen molar-refractivity contribution in [2.24, 2.45) is 5.92 Å². The van der Waals surface area contributed by atoms with Crippen LogP contribution in [0.1, 0.15) is 42.5 Å². The van der Waals surface area contributed by atoms with Crippen molar-refractivity contribution in [1.82, 2.24) is 9.88 Å². The van der Waals surface area contributed by atoms with Gasteiger partial charge >= 0.3 is 0 Å². The van der Waals surface area contributed by atoms with Gasteiger partial charge in [-0.3, -0.25) is 9.59 Å². The zero-order chi connectivity index (χ0) is 18.8. The average Bonchev–Trinajstić information content (AvgIpc) is 3.43. The third kappa shape index (κ3) is 4.35. The molecule has 1 unspecified atom stereocenters. The second-order valence-corrected chi connectivity index (χ2v) is 8.36. The number of likely N-dealkylation sites (tertiary alicyclic amines) is 1. The van der Waals surface area contributed by atoms with E-state index in [-0.39, 0.29) is 23.5 Å². The van der Waals surface area contributed by atoms with Crippen molar-refractivity contribution in [1.29, 1.82) is 0 Å². The molecule has 1 aliphatic carbocycles. The van der Waals surface area contributed by atoms with Gasteiger partial charge in [-0.15, -0.1) is 11.3 Å².